The highest BCUT2D eigenvalue weighted by atomic mass is 15.1. The average molecular weight is 680 g/mol. The predicted molar refractivity (Wildman–Crippen MR) is 222 cm³/mol. The fourth-order valence-corrected chi connectivity index (χ4v) is 8.06. The van der Waals surface area contributed by atoms with E-state index in [1.807, 2.05) is 31.2 Å². The standard InChI is InChI=1S/C48H33N5/c1-4-5-15-34-31-51(41-21-11-8-17-36(34)41)35-26-28-44-40(30-35)47-37-18-7-6-16-33(37)25-27-45(47)53(44)46(24-14-29-49)48(50-3)32(2)52-42-22-12-9-19-38(42)39-20-10-13-23-43(39)52/h4-13,15-28,30-31H,1,14H2,2H3/b15-5-,46-24+,48-32-. The van der Waals surface area contributed by atoms with Crippen LogP contribution in [-0.2, 0) is 0 Å². The lowest BCUT2D eigenvalue weighted by molar-refractivity contribution is 1.12. The summed E-state index contributed by atoms with van der Waals surface area (Å²) in [5, 5.41) is 17.8. The van der Waals surface area contributed by atoms with Gasteiger partial charge >= 0.3 is 0 Å². The molecule has 5 nitrogen and oxygen atoms in total. The summed E-state index contributed by atoms with van der Waals surface area (Å²) >= 11 is 0. The Kier molecular flexibility index (Phi) is 7.62. The van der Waals surface area contributed by atoms with Crippen molar-refractivity contribution >= 4 is 82.8 Å². The Morgan fingerprint density at radius 1 is 0.717 bits per heavy atom. The molecule has 0 radical (unpaired) electrons. The minimum absolute atomic E-state index is 0.151. The highest BCUT2D eigenvalue weighted by Crippen LogP contribution is 2.42. The van der Waals surface area contributed by atoms with Gasteiger partial charge in [-0.05, 0) is 60.2 Å². The average Bonchev–Trinajstić information content (AvgIpc) is 3.86. The van der Waals surface area contributed by atoms with Gasteiger partial charge in [0, 0.05) is 50.1 Å². The molecule has 3 heterocycles. The molecule has 5 heteroatoms. The summed E-state index contributed by atoms with van der Waals surface area (Å²) in [6.45, 7) is 14.6. The number of benzene rings is 6. The van der Waals surface area contributed by atoms with Crippen molar-refractivity contribution in [3.8, 4) is 11.8 Å². The minimum atomic E-state index is 0.151. The van der Waals surface area contributed by atoms with Crippen LogP contribution in [0.5, 0.6) is 0 Å². The van der Waals surface area contributed by atoms with E-state index in [4.69, 9.17) is 6.57 Å². The van der Waals surface area contributed by atoms with Crippen molar-refractivity contribution in [3.63, 3.8) is 0 Å². The van der Waals surface area contributed by atoms with Crippen LogP contribution < -0.4 is 0 Å². The van der Waals surface area contributed by atoms with Gasteiger partial charge in [-0.2, -0.15) is 5.26 Å². The van der Waals surface area contributed by atoms with Crippen LogP contribution in [0.1, 0.15) is 18.9 Å². The molecule has 3 aromatic heterocycles. The second-order valence-electron chi connectivity index (χ2n) is 13.2. The SMILES string of the molecule is [C-]#[N+]C(=C(/C)n1c2ccccc2c2ccccc21)/C(=C\CC#N)n1c2ccc(-n3cc(/C=C\C=C)c4ccccc43)cc2c2c3ccccc3ccc21. The summed E-state index contributed by atoms with van der Waals surface area (Å²) in [5.74, 6) is 0. The molecule has 53 heavy (non-hydrogen) atoms. The van der Waals surface area contributed by atoms with E-state index in [0.717, 1.165) is 82.2 Å². The zero-order valence-electron chi connectivity index (χ0n) is 29.2. The van der Waals surface area contributed by atoms with Crippen molar-refractivity contribution in [2.75, 3.05) is 0 Å². The lowest BCUT2D eigenvalue weighted by atomic mass is 10.0. The second kappa shape index (κ2) is 12.8. The lowest BCUT2D eigenvalue weighted by Crippen LogP contribution is -2.04. The molecule has 9 rings (SSSR count). The molecule has 0 fully saturated rings. The van der Waals surface area contributed by atoms with Gasteiger partial charge in [-0.1, -0.05) is 116 Å². The van der Waals surface area contributed by atoms with Crippen LogP contribution in [0.3, 0.4) is 0 Å². The predicted octanol–water partition coefficient (Wildman–Crippen LogP) is 12.8. The maximum atomic E-state index is 9.93. The highest BCUT2D eigenvalue weighted by molar-refractivity contribution is 6.22. The molecular weight excluding hydrogens is 647 g/mol. The van der Waals surface area contributed by atoms with Crippen molar-refractivity contribution < 1.29 is 0 Å². The number of nitrogens with zero attached hydrogens (tertiary/aromatic N) is 5. The van der Waals surface area contributed by atoms with Crippen molar-refractivity contribution in [2.24, 2.45) is 0 Å². The van der Waals surface area contributed by atoms with Crippen molar-refractivity contribution in [1.29, 1.82) is 5.26 Å². The first kappa shape index (κ1) is 31.6. The van der Waals surface area contributed by atoms with E-state index in [1.54, 1.807) is 6.08 Å². The number of rotatable bonds is 7. The van der Waals surface area contributed by atoms with Gasteiger partial charge in [-0.3, -0.25) is 0 Å². The molecule has 0 aliphatic rings. The third kappa shape index (κ3) is 4.91. The normalized spacial score (nSPS) is 12.7. The minimum Gasteiger partial charge on any atom is -0.323 e. The summed E-state index contributed by atoms with van der Waals surface area (Å²) in [6, 6.07) is 46.8. The van der Waals surface area contributed by atoms with Crippen LogP contribution in [0, 0.1) is 17.9 Å². The fourth-order valence-electron chi connectivity index (χ4n) is 8.06. The third-order valence-corrected chi connectivity index (χ3v) is 10.3. The van der Waals surface area contributed by atoms with E-state index in [0.29, 0.717) is 11.4 Å². The molecule has 250 valence electrons. The summed E-state index contributed by atoms with van der Waals surface area (Å²) < 4.78 is 6.62. The van der Waals surface area contributed by atoms with E-state index in [1.165, 1.54) is 0 Å². The van der Waals surface area contributed by atoms with Crippen molar-refractivity contribution in [2.45, 2.75) is 13.3 Å². The second-order valence-corrected chi connectivity index (χ2v) is 13.2. The molecule has 0 amide bonds. The Balaban J connectivity index is 1.36. The Morgan fingerprint density at radius 2 is 1.34 bits per heavy atom. The molecule has 0 aliphatic heterocycles. The molecule has 0 bridgehead atoms. The van der Waals surface area contributed by atoms with Crippen LogP contribution in [0.25, 0.3) is 93.3 Å². The summed E-state index contributed by atoms with van der Waals surface area (Å²) in [5.41, 5.74) is 9.23. The Morgan fingerprint density at radius 3 is 2.04 bits per heavy atom. The Labute approximate surface area is 307 Å². The molecule has 0 saturated carbocycles. The van der Waals surface area contributed by atoms with Gasteiger partial charge in [0.25, 0.3) is 0 Å². The van der Waals surface area contributed by atoms with Crippen LogP contribution in [-0.4, -0.2) is 13.7 Å². The number of allylic oxidation sites excluding steroid dienone is 5. The summed E-state index contributed by atoms with van der Waals surface area (Å²) in [4.78, 5) is 4.26. The van der Waals surface area contributed by atoms with Gasteiger partial charge in [-0.15, -0.1) is 0 Å². The quantitative estimate of drug-likeness (QED) is 0.122. The number of hydrogen-bond acceptors (Lipinski definition) is 1. The Bertz CT molecular complexity index is 3090. The zero-order chi connectivity index (χ0) is 36.1. The number of para-hydroxylation sites is 3. The van der Waals surface area contributed by atoms with Gasteiger partial charge in [-0.25, -0.2) is 4.85 Å². The molecule has 0 atom stereocenters. The number of fused-ring (bicyclic) bond motifs is 9. The van der Waals surface area contributed by atoms with E-state index in [9.17, 15) is 5.26 Å². The van der Waals surface area contributed by atoms with Crippen LogP contribution >= 0.6 is 0 Å². The smallest absolute Gasteiger partial charge is 0.229 e. The van der Waals surface area contributed by atoms with Gasteiger partial charge in [0.15, 0.2) is 0 Å². The lowest BCUT2D eigenvalue weighted by Gasteiger charge is -2.17. The molecule has 0 spiro atoms. The summed E-state index contributed by atoms with van der Waals surface area (Å²) in [6.07, 6.45) is 10.1. The monoisotopic (exact) mass is 679 g/mol. The van der Waals surface area contributed by atoms with E-state index in [-0.39, 0.29) is 6.42 Å². The number of aromatic nitrogens is 3. The topological polar surface area (TPSA) is 42.9 Å². The number of nitriles is 1. The first-order valence-electron chi connectivity index (χ1n) is 17.6. The van der Waals surface area contributed by atoms with Gasteiger partial charge in [0.2, 0.25) is 5.70 Å². The van der Waals surface area contributed by atoms with Crippen molar-refractivity contribution in [1.82, 2.24) is 13.7 Å². The fraction of sp³-hybridized carbons (Fsp3) is 0.0417. The van der Waals surface area contributed by atoms with Gasteiger partial charge < -0.3 is 13.7 Å². The molecule has 0 saturated heterocycles. The highest BCUT2D eigenvalue weighted by Gasteiger charge is 2.23. The maximum absolute atomic E-state index is 9.93. The molecular formula is C48H33N5. The summed E-state index contributed by atoms with van der Waals surface area (Å²) in [7, 11) is 0. The number of hydrogen-bond donors (Lipinski definition) is 0. The van der Waals surface area contributed by atoms with E-state index in [2.05, 4.69) is 159 Å². The van der Waals surface area contributed by atoms with E-state index >= 15 is 0 Å². The molecule has 0 unspecified atom stereocenters. The molecule has 0 N–H and O–H groups in total. The zero-order valence-corrected chi connectivity index (χ0v) is 29.2. The van der Waals surface area contributed by atoms with Gasteiger partial charge in [0.1, 0.15) is 0 Å². The van der Waals surface area contributed by atoms with Crippen LogP contribution in [0.2, 0.25) is 0 Å². The van der Waals surface area contributed by atoms with E-state index < -0.39 is 0 Å². The molecule has 6 aromatic carbocycles. The largest absolute Gasteiger partial charge is 0.323 e. The van der Waals surface area contributed by atoms with Gasteiger partial charge in [0.05, 0.1) is 52.3 Å². The first-order chi connectivity index (χ1) is 26.1. The maximum Gasteiger partial charge on any atom is 0.229 e. The molecule has 0 aliphatic carbocycles. The first-order valence-corrected chi connectivity index (χ1v) is 17.6. The van der Waals surface area contributed by atoms with Crippen molar-refractivity contribution in [3.05, 3.63) is 181 Å². The Hall–Kier alpha value is -7.34. The molecule has 9 aromatic rings. The van der Waals surface area contributed by atoms with Crippen LogP contribution in [0.15, 0.2) is 164 Å². The van der Waals surface area contributed by atoms with Crippen LogP contribution in [0.4, 0.5) is 0 Å². The third-order valence-electron chi connectivity index (χ3n) is 10.3.